The third kappa shape index (κ3) is 27.3. The Hall–Kier alpha value is -1.34. The van der Waals surface area contributed by atoms with E-state index in [0.717, 1.165) is 51.7 Å². The van der Waals surface area contributed by atoms with Crippen LogP contribution in [0.15, 0.2) is 24.3 Å². The molecule has 2 aliphatic carbocycles. The maximum absolute atomic E-state index is 10.3. The fourth-order valence-corrected chi connectivity index (χ4v) is 5.21. The monoisotopic (exact) mass is 576 g/mol. The normalized spacial score (nSPS) is 23.0. The van der Waals surface area contributed by atoms with Gasteiger partial charge in [0.25, 0.3) is 0 Å². The average Bonchev–Trinajstić information content (AvgIpc) is 3.20. The summed E-state index contributed by atoms with van der Waals surface area (Å²) in [6.45, 7) is 16.2. The summed E-state index contributed by atoms with van der Waals surface area (Å²) in [4.78, 5) is 20.6. The number of rotatable bonds is 0. The average molecular weight is 576 g/mol. The van der Waals surface area contributed by atoms with Crippen molar-refractivity contribution in [1.29, 1.82) is 0 Å². The number of allylic oxidation sites excluding steroid dienone is 1. The van der Waals surface area contributed by atoms with Crippen molar-refractivity contribution in [2.24, 2.45) is 0 Å². The molecule has 6 nitrogen and oxygen atoms in total. The first-order valence-corrected chi connectivity index (χ1v) is 17.1. The summed E-state index contributed by atoms with van der Waals surface area (Å²) in [5, 5.41) is 9.93. The van der Waals surface area contributed by atoms with Crippen LogP contribution in [0.5, 0.6) is 0 Å². The molecule has 3 N–H and O–H groups in total. The Balaban J connectivity index is 0.000000247. The van der Waals surface area contributed by atoms with E-state index in [2.05, 4.69) is 29.1 Å². The van der Waals surface area contributed by atoms with E-state index >= 15 is 0 Å². The molecule has 2 saturated carbocycles. The lowest BCUT2D eigenvalue weighted by Crippen LogP contribution is -2.21. The zero-order chi connectivity index (χ0) is 29.6. The highest BCUT2D eigenvalue weighted by atomic mass is 16.5. The second kappa shape index (κ2) is 28.8. The van der Waals surface area contributed by atoms with Crippen molar-refractivity contribution in [3.8, 4) is 0 Å². The number of ketones is 2. The number of piperidine rings is 1. The molecule has 0 spiro atoms. The minimum atomic E-state index is 0.242. The van der Waals surface area contributed by atoms with Crippen molar-refractivity contribution in [2.75, 3.05) is 52.5 Å². The molecule has 4 heterocycles. The molecule has 4 saturated heterocycles. The van der Waals surface area contributed by atoms with E-state index in [9.17, 15) is 9.59 Å². The molecule has 0 unspecified atom stereocenters. The van der Waals surface area contributed by atoms with Crippen LogP contribution in [0.1, 0.15) is 135 Å². The van der Waals surface area contributed by atoms with Gasteiger partial charge in [0.15, 0.2) is 5.78 Å². The SMILES string of the molecule is C1CCCNCC1.C1CCNCC1.C=C1CCCCC1.C=C1CCCCNC1.O=C1CCCC1.O=C1CCCOC1. The third-order valence-electron chi connectivity index (χ3n) is 7.90. The first-order valence-electron chi connectivity index (χ1n) is 17.1. The maximum Gasteiger partial charge on any atom is 0.158 e. The van der Waals surface area contributed by atoms with E-state index in [1.807, 2.05) is 0 Å². The molecule has 6 fully saturated rings. The van der Waals surface area contributed by atoms with E-state index in [1.165, 1.54) is 140 Å². The molecule has 0 aromatic carbocycles. The van der Waals surface area contributed by atoms with Crippen LogP contribution in [0, 0.1) is 0 Å². The molecule has 0 aromatic rings. The fraction of sp³-hybridized carbons (Fsp3) is 0.829. The van der Waals surface area contributed by atoms with Crippen LogP contribution in [0.25, 0.3) is 0 Å². The van der Waals surface area contributed by atoms with Gasteiger partial charge in [0.1, 0.15) is 12.4 Å². The summed E-state index contributed by atoms with van der Waals surface area (Å²) >= 11 is 0. The maximum atomic E-state index is 10.3. The quantitative estimate of drug-likeness (QED) is 0.265. The van der Waals surface area contributed by atoms with E-state index in [-0.39, 0.29) is 5.78 Å². The number of carbonyl (C=O) groups excluding carboxylic acids is 2. The Bertz CT molecular complexity index is 588. The number of ether oxygens (including phenoxy) is 1. The van der Waals surface area contributed by atoms with E-state index in [4.69, 9.17) is 4.74 Å². The first kappa shape index (κ1) is 37.7. The molecule has 0 radical (unpaired) electrons. The summed E-state index contributed by atoms with van der Waals surface area (Å²) in [7, 11) is 0. The van der Waals surface area contributed by atoms with Gasteiger partial charge in [-0.25, -0.2) is 0 Å². The van der Waals surface area contributed by atoms with Crippen molar-refractivity contribution in [2.45, 2.75) is 135 Å². The van der Waals surface area contributed by atoms with Gasteiger partial charge in [-0.3, -0.25) is 9.59 Å². The van der Waals surface area contributed by atoms with Crippen LogP contribution in [-0.4, -0.2) is 64.0 Å². The molecule has 6 rings (SSSR count). The van der Waals surface area contributed by atoms with Crippen LogP contribution in [0.2, 0.25) is 0 Å². The van der Waals surface area contributed by atoms with E-state index < -0.39 is 0 Å². The van der Waals surface area contributed by atoms with Crippen LogP contribution in [0.3, 0.4) is 0 Å². The van der Waals surface area contributed by atoms with Crippen molar-refractivity contribution < 1.29 is 14.3 Å². The largest absolute Gasteiger partial charge is 0.374 e. The van der Waals surface area contributed by atoms with Gasteiger partial charge in [-0.2, -0.15) is 0 Å². The molecular weight excluding hydrogens is 510 g/mol. The second-order valence-corrected chi connectivity index (χ2v) is 12.1. The van der Waals surface area contributed by atoms with Crippen molar-refractivity contribution in [3.63, 3.8) is 0 Å². The molecule has 0 aromatic heterocycles. The standard InChI is InChI=1S/C7H13N.C7H12.C6H13N.C5H11N.C5H8O2.C5H8O/c1-7-4-2-3-5-8-6-7;1-7-5-3-2-4-6-7;1-2-4-6-7-5-3-1;1-2-4-6-5-3-1;6-5-2-1-3-7-4-5;6-5-3-1-2-4-5/h8H,1-6H2;1-6H2;7H,1-6H2;6H,1-5H2;1-4H2;1-4H2. The topological polar surface area (TPSA) is 79.5 Å². The Morgan fingerprint density at radius 1 is 0.439 bits per heavy atom. The first-order chi connectivity index (χ1) is 20.1. The Morgan fingerprint density at radius 2 is 0.854 bits per heavy atom. The van der Waals surface area contributed by atoms with Crippen LogP contribution >= 0.6 is 0 Å². The number of nitrogens with one attached hydrogen (secondary N) is 3. The van der Waals surface area contributed by atoms with Crippen molar-refractivity contribution in [1.82, 2.24) is 16.0 Å². The fourth-order valence-electron chi connectivity index (χ4n) is 5.21. The van der Waals surface area contributed by atoms with Crippen LogP contribution in [-0.2, 0) is 14.3 Å². The Morgan fingerprint density at radius 3 is 1.24 bits per heavy atom. The molecular formula is C35H65N3O3. The molecule has 4 aliphatic heterocycles. The molecule has 6 heteroatoms. The predicted molar refractivity (Wildman–Crippen MR) is 175 cm³/mol. The van der Waals surface area contributed by atoms with Crippen LogP contribution < -0.4 is 16.0 Å². The van der Waals surface area contributed by atoms with E-state index in [1.54, 1.807) is 0 Å². The number of carbonyl (C=O) groups is 2. The van der Waals surface area contributed by atoms with Gasteiger partial charge in [0.2, 0.25) is 0 Å². The molecule has 238 valence electrons. The van der Waals surface area contributed by atoms with E-state index in [0.29, 0.717) is 12.4 Å². The summed E-state index contributed by atoms with van der Waals surface area (Å²) in [5.41, 5.74) is 2.83. The number of Topliss-reactive ketones (excluding diaryl/α,β-unsaturated/α-hetero) is 2. The van der Waals surface area contributed by atoms with Gasteiger partial charge < -0.3 is 20.7 Å². The van der Waals surface area contributed by atoms with Crippen LogP contribution in [0.4, 0.5) is 0 Å². The highest BCUT2D eigenvalue weighted by Crippen LogP contribution is 2.20. The summed E-state index contributed by atoms with van der Waals surface area (Å²) < 4.78 is 4.83. The highest BCUT2D eigenvalue weighted by molar-refractivity contribution is 5.80. The zero-order valence-electron chi connectivity index (χ0n) is 26.6. The molecule has 41 heavy (non-hydrogen) atoms. The Kier molecular flexibility index (Phi) is 26.4. The lowest BCUT2D eigenvalue weighted by molar-refractivity contribution is -0.127. The highest BCUT2D eigenvalue weighted by Gasteiger charge is 2.07. The third-order valence-corrected chi connectivity index (χ3v) is 7.90. The van der Waals surface area contributed by atoms with Gasteiger partial charge >= 0.3 is 0 Å². The number of hydrogen-bond acceptors (Lipinski definition) is 6. The number of hydrogen-bond donors (Lipinski definition) is 3. The van der Waals surface area contributed by atoms with Gasteiger partial charge in [-0.05, 0) is 123 Å². The van der Waals surface area contributed by atoms with Gasteiger partial charge in [0, 0.05) is 32.4 Å². The summed E-state index contributed by atoms with van der Waals surface area (Å²) in [6.07, 6.45) is 26.1. The lowest BCUT2D eigenvalue weighted by Gasteiger charge is -2.10. The smallest absolute Gasteiger partial charge is 0.158 e. The van der Waals surface area contributed by atoms with Gasteiger partial charge in [0.05, 0.1) is 0 Å². The van der Waals surface area contributed by atoms with Crippen molar-refractivity contribution >= 4 is 11.6 Å². The lowest BCUT2D eigenvalue weighted by atomic mass is 9.97. The minimum Gasteiger partial charge on any atom is -0.374 e. The molecule has 6 aliphatic rings. The second-order valence-electron chi connectivity index (χ2n) is 12.1. The zero-order valence-corrected chi connectivity index (χ0v) is 26.6. The molecule has 0 amide bonds. The predicted octanol–water partition coefficient (Wildman–Crippen LogP) is 7.23. The molecule has 0 atom stereocenters. The summed E-state index contributed by atoms with van der Waals surface area (Å²) in [5.74, 6) is 0.696. The molecule has 0 bridgehead atoms. The summed E-state index contributed by atoms with van der Waals surface area (Å²) in [6, 6.07) is 0. The van der Waals surface area contributed by atoms with Gasteiger partial charge in [-0.1, -0.05) is 50.0 Å². The minimum absolute atomic E-state index is 0.242. The van der Waals surface area contributed by atoms with Gasteiger partial charge in [-0.15, -0.1) is 0 Å². The van der Waals surface area contributed by atoms with Crippen molar-refractivity contribution in [3.05, 3.63) is 24.3 Å². The Labute approximate surface area is 253 Å².